The Bertz CT molecular complexity index is 1190. The van der Waals surface area contributed by atoms with Crippen LogP contribution in [-0.2, 0) is 6.54 Å². The Kier molecular flexibility index (Phi) is 5.38. The molecule has 0 aliphatic heterocycles. The average molecular weight is 411 g/mol. The molecule has 3 aromatic carbocycles. The van der Waals surface area contributed by atoms with Crippen LogP contribution in [0.15, 0.2) is 72.8 Å². The fraction of sp³-hybridized carbons (Fsp3) is 0.0909. The van der Waals surface area contributed by atoms with Crippen LogP contribution >= 0.6 is 0 Å². The van der Waals surface area contributed by atoms with E-state index in [9.17, 15) is 18.0 Å². The quantitative estimate of drug-likeness (QED) is 0.482. The summed E-state index contributed by atoms with van der Waals surface area (Å²) in [5.41, 5.74) is 1.77. The van der Waals surface area contributed by atoms with Crippen molar-refractivity contribution in [2.75, 3.05) is 5.32 Å². The molecule has 152 valence electrons. The summed E-state index contributed by atoms with van der Waals surface area (Å²) in [5.74, 6) is -0.560. The zero-order valence-corrected chi connectivity index (χ0v) is 15.6. The third-order valence-corrected chi connectivity index (χ3v) is 4.46. The monoisotopic (exact) mass is 411 g/mol. The molecule has 0 fully saturated rings. The van der Waals surface area contributed by atoms with Crippen LogP contribution < -0.4 is 10.1 Å². The van der Waals surface area contributed by atoms with Crippen LogP contribution in [0.25, 0.3) is 10.9 Å². The van der Waals surface area contributed by atoms with Crippen LogP contribution in [0.5, 0.6) is 5.75 Å². The summed E-state index contributed by atoms with van der Waals surface area (Å²) in [7, 11) is 0. The van der Waals surface area contributed by atoms with E-state index in [2.05, 4.69) is 15.2 Å². The molecule has 8 heteroatoms. The Labute approximate surface area is 169 Å². The van der Waals surface area contributed by atoms with Gasteiger partial charge in [-0.05, 0) is 48.0 Å². The van der Waals surface area contributed by atoms with Gasteiger partial charge in [-0.2, -0.15) is 13.9 Å². The zero-order chi connectivity index (χ0) is 21.1. The second kappa shape index (κ2) is 8.28. The van der Waals surface area contributed by atoms with Gasteiger partial charge in [-0.15, -0.1) is 0 Å². The molecule has 1 N–H and O–H groups in total. The number of aromatic nitrogens is 2. The van der Waals surface area contributed by atoms with Gasteiger partial charge in [0.1, 0.15) is 11.6 Å². The molecule has 1 amide bonds. The molecule has 0 saturated heterocycles. The predicted octanol–water partition coefficient (Wildman–Crippen LogP) is 5.08. The second-order valence-corrected chi connectivity index (χ2v) is 6.51. The fourth-order valence-electron chi connectivity index (χ4n) is 3.10. The molecule has 0 saturated carbocycles. The van der Waals surface area contributed by atoms with Gasteiger partial charge in [-0.25, -0.2) is 4.39 Å². The summed E-state index contributed by atoms with van der Waals surface area (Å²) in [4.78, 5) is 12.5. The molecule has 30 heavy (non-hydrogen) atoms. The van der Waals surface area contributed by atoms with Gasteiger partial charge in [0.05, 0.1) is 12.1 Å². The molecule has 0 bridgehead atoms. The van der Waals surface area contributed by atoms with E-state index in [0.717, 1.165) is 22.5 Å². The molecule has 0 radical (unpaired) electrons. The minimum atomic E-state index is -2.88. The maximum atomic E-state index is 13.4. The van der Waals surface area contributed by atoms with Crippen molar-refractivity contribution in [3.05, 3.63) is 89.7 Å². The van der Waals surface area contributed by atoms with Gasteiger partial charge in [-0.1, -0.05) is 30.3 Å². The van der Waals surface area contributed by atoms with Gasteiger partial charge >= 0.3 is 6.61 Å². The van der Waals surface area contributed by atoms with E-state index < -0.39 is 18.3 Å². The number of nitrogens with zero attached hydrogens (tertiary/aromatic N) is 2. The Hall–Kier alpha value is -3.81. The number of amides is 1. The van der Waals surface area contributed by atoms with Crippen molar-refractivity contribution in [2.24, 2.45) is 0 Å². The Morgan fingerprint density at radius 1 is 1.03 bits per heavy atom. The first kappa shape index (κ1) is 19.5. The lowest BCUT2D eigenvalue weighted by Crippen LogP contribution is -2.13. The van der Waals surface area contributed by atoms with E-state index in [1.54, 1.807) is 16.8 Å². The minimum absolute atomic E-state index is 0.0714. The van der Waals surface area contributed by atoms with Gasteiger partial charge in [0.15, 0.2) is 5.82 Å². The van der Waals surface area contributed by atoms with Crippen molar-refractivity contribution in [1.29, 1.82) is 0 Å². The molecule has 0 aliphatic rings. The predicted molar refractivity (Wildman–Crippen MR) is 106 cm³/mol. The van der Waals surface area contributed by atoms with Crippen LogP contribution in [-0.4, -0.2) is 22.3 Å². The second-order valence-electron chi connectivity index (χ2n) is 6.51. The molecule has 1 heterocycles. The van der Waals surface area contributed by atoms with Gasteiger partial charge in [-0.3, -0.25) is 9.48 Å². The largest absolute Gasteiger partial charge is 0.435 e. The fourth-order valence-corrected chi connectivity index (χ4v) is 3.10. The van der Waals surface area contributed by atoms with Crippen molar-refractivity contribution >= 4 is 22.6 Å². The van der Waals surface area contributed by atoms with E-state index >= 15 is 0 Å². The number of fused-ring (bicyclic) bond motifs is 1. The molecular weight excluding hydrogens is 395 g/mol. The molecule has 0 aliphatic carbocycles. The van der Waals surface area contributed by atoms with Gasteiger partial charge in [0.25, 0.3) is 5.91 Å². The number of halogens is 3. The lowest BCUT2D eigenvalue weighted by atomic mass is 10.2. The summed E-state index contributed by atoms with van der Waals surface area (Å²) < 4.78 is 44.1. The Morgan fingerprint density at radius 3 is 2.53 bits per heavy atom. The summed E-state index contributed by atoms with van der Waals surface area (Å²) in [6.45, 7) is -2.53. The summed E-state index contributed by atoms with van der Waals surface area (Å²) in [6.07, 6.45) is 0. The van der Waals surface area contributed by atoms with E-state index in [0.29, 0.717) is 12.4 Å². The number of hydrogen-bond acceptors (Lipinski definition) is 3. The lowest BCUT2D eigenvalue weighted by molar-refractivity contribution is -0.0498. The number of carbonyl (C=O) groups excluding carboxylic acids is 1. The lowest BCUT2D eigenvalue weighted by Gasteiger charge is -2.07. The van der Waals surface area contributed by atoms with Crippen LogP contribution in [0.1, 0.15) is 15.9 Å². The maximum Gasteiger partial charge on any atom is 0.387 e. The van der Waals surface area contributed by atoms with E-state index in [4.69, 9.17) is 0 Å². The topological polar surface area (TPSA) is 56.2 Å². The SMILES string of the molecule is O=C(Nc1nn(Cc2ccc(OC(F)F)cc2)c2ccccc12)c1cccc(F)c1. The van der Waals surface area contributed by atoms with E-state index in [-0.39, 0.29) is 11.3 Å². The standard InChI is InChI=1S/C22H16F3N3O2/c23-16-5-3-4-15(12-16)21(29)26-20-18-6-1-2-7-19(18)28(27-20)13-14-8-10-17(11-9-14)30-22(24)25/h1-12,22H,13H2,(H,26,27,29). The summed E-state index contributed by atoms with van der Waals surface area (Å²) in [5, 5.41) is 7.93. The number of nitrogens with one attached hydrogen (secondary N) is 1. The maximum absolute atomic E-state index is 13.4. The highest BCUT2D eigenvalue weighted by Gasteiger charge is 2.15. The molecule has 1 aromatic heterocycles. The van der Waals surface area contributed by atoms with Crippen molar-refractivity contribution in [3.8, 4) is 5.75 Å². The first-order valence-corrected chi connectivity index (χ1v) is 9.06. The number of alkyl halides is 2. The number of benzene rings is 3. The Morgan fingerprint density at radius 2 is 1.80 bits per heavy atom. The van der Waals surface area contributed by atoms with Gasteiger partial charge in [0.2, 0.25) is 0 Å². The molecule has 0 unspecified atom stereocenters. The van der Waals surface area contributed by atoms with Gasteiger partial charge < -0.3 is 10.1 Å². The van der Waals surface area contributed by atoms with Crippen molar-refractivity contribution in [1.82, 2.24) is 9.78 Å². The number of rotatable bonds is 6. The average Bonchev–Trinajstić information content (AvgIpc) is 3.06. The zero-order valence-electron chi connectivity index (χ0n) is 15.6. The van der Waals surface area contributed by atoms with E-state index in [1.807, 2.05) is 24.3 Å². The van der Waals surface area contributed by atoms with Crippen LogP contribution in [0, 0.1) is 5.82 Å². The third kappa shape index (κ3) is 4.27. The number of anilines is 1. The third-order valence-electron chi connectivity index (χ3n) is 4.46. The number of para-hydroxylation sites is 1. The number of hydrogen-bond donors (Lipinski definition) is 1. The molecule has 0 atom stereocenters. The molecule has 5 nitrogen and oxygen atoms in total. The normalized spacial score (nSPS) is 11.1. The first-order chi connectivity index (χ1) is 14.5. The smallest absolute Gasteiger partial charge is 0.387 e. The van der Waals surface area contributed by atoms with E-state index in [1.165, 1.54) is 30.3 Å². The van der Waals surface area contributed by atoms with Crippen LogP contribution in [0.3, 0.4) is 0 Å². The molecule has 4 aromatic rings. The summed E-state index contributed by atoms with van der Waals surface area (Å²) >= 11 is 0. The highest BCUT2D eigenvalue weighted by molar-refractivity contribution is 6.07. The first-order valence-electron chi connectivity index (χ1n) is 9.06. The summed E-state index contributed by atoms with van der Waals surface area (Å²) in [6, 6.07) is 19.0. The highest BCUT2D eigenvalue weighted by Crippen LogP contribution is 2.25. The minimum Gasteiger partial charge on any atom is -0.435 e. The van der Waals surface area contributed by atoms with Crippen molar-refractivity contribution in [2.45, 2.75) is 13.2 Å². The van der Waals surface area contributed by atoms with Crippen LogP contribution in [0.2, 0.25) is 0 Å². The van der Waals surface area contributed by atoms with Crippen LogP contribution in [0.4, 0.5) is 19.0 Å². The molecular formula is C22H16F3N3O2. The molecule has 4 rings (SSSR count). The van der Waals surface area contributed by atoms with Crippen molar-refractivity contribution in [3.63, 3.8) is 0 Å². The molecule has 0 spiro atoms. The highest BCUT2D eigenvalue weighted by atomic mass is 19.3. The number of carbonyl (C=O) groups is 1. The van der Waals surface area contributed by atoms with Gasteiger partial charge in [0, 0.05) is 10.9 Å². The van der Waals surface area contributed by atoms with Crippen molar-refractivity contribution < 1.29 is 22.7 Å². The Balaban J connectivity index is 1.60. The number of ether oxygens (including phenoxy) is 1.